The van der Waals surface area contributed by atoms with E-state index in [-0.39, 0.29) is 12.6 Å². The third-order valence-corrected chi connectivity index (χ3v) is 4.59. The third-order valence-electron chi connectivity index (χ3n) is 4.59. The van der Waals surface area contributed by atoms with E-state index in [9.17, 15) is 18.0 Å². The first kappa shape index (κ1) is 18.6. The number of urea groups is 1. The normalized spacial score (nSPS) is 15.5. The predicted molar refractivity (Wildman–Crippen MR) is 87.5 cm³/mol. The van der Waals surface area contributed by atoms with Gasteiger partial charge in [0.2, 0.25) is 0 Å². The van der Waals surface area contributed by atoms with E-state index in [2.05, 4.69) is 5.32 Å². The van der Waals surface area contributed by atoms with Gasteiger partial charge >= 0.3 is 12.2 Å². The number of benzene rings is 1. The van der Waals surface area contributed by atoms with Gasteiger partial charge in [-0.2, -0.15) is 13.2 Å². The zero-order chi connectivity index (χ0) is 17.6. The van der Waals surface area contributed by atoms with E-state index < -0.39 is 11.7 Å². The Labute approximate surface area is 141 Å². The van der Waals surface area contributed by atoms with Crippen LogP contribution in [0.15, 0.2) is 24.3 Å². The molecule has 0 saturated heterocycles. The van der Waals surface area contributed by atoms with Gasteiger partial charge in [0.15, 0.2) is 0 Å². The number of alkyl halides is 3. The molecular weight excluding hydrogens is 317 g/mol. The maximum atomic E-state index is 12.5. The maximum Gasteiger partial charge on any atom is 0.416 e. The second kappa shape index (κ2) is 8.40. The molecule has 1 fully saturated rings. The molecule has 1 aromatic rings. The zero-order valence-corrected chi connectivity index (χ0v) is 14.0. The monoisotopic (exact) mass is 342 g/mol. The summed E-state index contributed by atoms with van der Waals surface area (Å²) in [5.41, 5.74) is -0.00290. The lowest BCUT2D eigenvalue weighted by Crippen LogP contribution is -2.37. The van der Waals surface area contributed by atoms with Crippen LogP contribution in [-0.2, 0) is 12.7 Å². The van der Waals surface area contributed by atoms with Gasteiger partial charge in [-0.25, -0.2) is 4.79 Å². The lowest BCUT2D eigenvalue weighted by Gasteiger charge is -2.19. The Balaban J connectivity index is 1.70. The van der Waals surface area contributed by atoms with Crippen LogP contribution in [0.1, 0.15) is 49.7 Å². The molecule has 0 heterocycles. The molecule has 134 valence electrons. The van der Waals surface area contributed by atoms with Gasteiger partial charge in [0.25, 0.3) is 0 Å². The minimum atomic E-state index is -4.33. The van der Waals surface area contributed by atoms with E-state index >= 15 is 0 Å². The molecule has 24 heavy (non-hydrogen) atoms. The Bertz CT molecular complexity index is 522. The van der Waals surface area contributed by atoms with Gasteiger partial charge in [-0.1, -0.05) is 37.8 Å². The van der Waals surface area contributed by atoms with Crippen LogP contribution in [0.2, 0.25) is 0 Å². The Morgan fingerprint density at radius 1 is 1.21 bits per heavy atom. The molecule has 1 aliphatic carbocycles. The summed E-state index contributed by atoms with van der Waals surface area (Å²) >= 11 is 0. The first-order valence-corrected chi connectivity index (χ1v) is 8.51. The molecule has 2 rings (SSSR count). The lowest BCUT2D eigenvalue weighted by atomic mass is 10.0. The molecule has 1 N–H and O–H groups in total. The lowest BCUT2D eigenvalue weighted by molar-refractivity contribution is -0.137. The minimum Gasteiger partial charge on any atom is -0.338 e. The SMILES string of the molecule is CN(Cc1ccc(C(F)(F)F)cc1)C(=O)NCCCC1CCCC1. The molecule has 0 aromatic heterocycles. The van der Waals surface area contributed by atoms with Crippen LogP contribution in [0, 0.1) is 5.92 Å². The molecular formula is C18H25F3N2O. The van der Waals surface area contributed by atoms with Gasteiger partial charge < -0.3 is 10.2 Å². The van der Waals surface area contributed by atoms with Crippen LogP contribution >= 0.6 is 0 Å². The van der Waals surface area contributed by atoms with Crippen LogP contribution in [-0.4, -0.2) is 24.5 Å². The highest BCUT2D eigenvalue weighted by Crippen LogP contribution is 2.29. The van der Waals surface area contributed by atoms with Gasteiger partial charge in [-0.15, -0.1) is 0 Å². The Morgan fingerprint density at radius 2 is 1.83 bits per heavy atom. The summed E-state index contributed by atoms with van der Waals surface area (Å²) in [6.45, 7) is 0.930. The summed E-state index contributed by atoms with van der Waals surface area (Å²) in [5, 5.41) is 2.87. The van der Waals surface area contributed by atoms with Gasteiger partial charge in [-0.3, -0.25) is 0 Å². The van der Waals surface area contributed by atoms with Crippen molar-refractivity contribution >= 4 is 6.03 Å². The van der Waals surface area contributed by atoms with Crippen LogP contribution in [0.5, 0.6) is 0 Å². The first-order valence-electron chi connectivity index (χ1n) is 8.51. The molecule has 2 amide bonds. The van der Waals surface area contributed by atoms with Gasteiger partial charge in [0, 0.05) is 20.1 Å². The van der Waals surface area contributed by atoms with Crippen molar-refractivity contribution in [3.63, 3.8) is 0 Å². The average molecular weight is 342 g/mol. The number of carbonyl (C=O) groups is 1. The smallest absolute Gasteiger partial charge is 0.338 e. The van der Waals surface area contributed by atoms with Gasteiger partial charge in [0.1, 0.15) is 0 Å². The summed E-state index contributed by atoms with van der Waals surface area (Å²) in [7, 11) is 1.64. The number of amides is 2. The molecule has 1 saturated carbocycles. The highest BCUT2D eigenvalue weighted by atomic mass is 19.4. The van der Waals surface area contributed by atoms with Crippen LogP contribution < -0.4 is 5.32 Å². The number of hydrogen-bond donors (Lipinski definition) is 1. The largest absolute Gasteiger partial charge is 0.416 e. The summed E-state index contributed by atoms with van der Waals surface area (Å²) in [6, 6.07) is 4.71. The molecule has 1 aliphatic rings. The number of nitrogens with one attached hydrogen (secondary N) is 1. The zero-order valence-electron chi connectivity index (χ0n) is 14.0. The Hall–Kier alpha value is -1.72. The van der Waals surface area contributed by atoms with Crippen molar-refractivity contribution < 1.29 is 18.0 Å². The van der Waals surface area contributed by atoms with E-state index in [0.717, 1.165) is 30.9 Å². The number of carbonyl (C=O) groups excluding carboxylic acids is 1. The second-order valence-electron chi connectivity index (χ2n) is 6.58. The highest BCUT2D eigenvalue weighted by Gasteiger charge is 2.29. The summed E-state index contributed by atoms with van der Waals surface area (Å²) in [5.74, 6) is 0.812. The van der Waals surface area contributed by atoms with Gasteiger partial charge in [-0.05, 0) is 36.5 Å². The minimum absolute atomic E-state index is 0.193. The van der Waals surface area contributed by atoms with E-state index in [1.54, 1.807) is 7.05 Å². The quantitative estimate of drug-likeness (QED) is 0.739. The fourth-order valence-electron chi connectivity index (χ4n) is 3.16. The Kier molecular flexibility index (Phi) is 6.52. The number of hydrogen-bond acceptors (Lipinski definition) is 1. The molecule has 0 radical (unpaired) electrons. The predicted octanol–water partition coefficient (Wildman–Crippen LogP) is 4.82. The fourth-order valence-corrected chi connectivity index (χ4v) is 3.16. The molecule has 0 unspecified atom stereocenters. The number of halogens is 3. The van der Waals surface area contributed by atoms with Crippen molar-refractivity contribution in [1.29, 1.82) is 0 Å². The van der Waals surface area contributed by atoms with E-state index in [0.29, 0.717) is 12.1 Å². The van der Waals surface area contributed by atoms with Crippen molar-refractivity contribution in [2.75, 3.05) is 13.6 Å². The molecule has 0 aliphatic heterocycles. The molecule has 3 nitrogen and oxygen atoms in total. The summed E-state index contributed by atoms with van der Waals surface area (Å²) in [4.78, 5) is 13.5. The topological polar surface area (TPSA) is 32.3 Å². The van der Waals surface area contributed by atoms with Crippen molar-refractivity contribution in [3.05, 3.63) is 35.4 Å². The molecule has 6 heteroatoms. The number of nitrogens with zero attached hydrogens (tertiary/aromatic N) is 1. The number of rotatable bonds is 6. The van der Waals surface area contributed by atoms with Gasteiger partial charge in [0.05, 0.1) is 5.56 Å². The van der Waals surface area contributed by atoms with Crippen molar-refractivity contribution in [2.45, 2.75) is 51.2 Å². The van der Waals surface area contributed by atoms with E-state index in [1.807, 2.05) is 0 Å². The third kappa shape index (κ3) is 5.73. The van der Waals surface area contributed by atoms with Crippen molar-refractivity contribution in [2.24, 2.45) is 5.92 Å². The summed E-state index contributed by atoms with van der Waals surface area (Å²) in [6.07, 6.45) is 3.07. The molecule has 0 bridgehead atoms. The average Bonchev–Trinajstić information content (AvgIpc) is 3.04. The highest BCUT2D eigenvalue weighted by molar-refractivity contribution is 5.73. The first-order chi connectivity index (χ1) is 11.4. The molecule has 1 aromatic carbocycles. The van der Waals surface area contributed by atoms with Crippen LogP contribution in [0.4, 0.5) is 18.0 Å². The van der Waals surface area contributed by atoms with Crippen molar-refractivity contribution in [3.8, 4) is 0 Å². The Morgan fingerprint density at radius 3 is 2.42 bits per heavy atom. The standard InChI is InChI=1S/C18H25F3N2O/c1-23(13-15-8-10-16(11-9-15)18(19,20)21)17(24)22-12-4-7-14-5-2-3-6-14/h8-11,14H,2-7,12-13H2,1H3,(H,22,24). The molecule has 0 atom stereocenters. The van der Waals surface area contributed by atoms with Crippen LogP contribution in [0.25, 0.3) is 0 Å². The van der Waals surface area contributed by atoms with Crippen molar-refractivity contribution in [1.82, 2.24) is 10.2 Å². The molecule has 0 spiro atoms. The second-order valence-corrected chi connectivity index (χ2v) is 6.58. The summed E-state index contributed by atoms with van der Waals surface area (Å²) < 4.78 is 37.6. The van der Waals surface area contributed by atoms with E-state index in [4.69, 9.17) is 0 Å². The maximum absolute atomic E-state index is 12.5. The fraction of sp³-hybridized carbons (Fsp3) is 0.611. The van der Waals surface area contributed by atoms with E-state index in [1.165, 1.54) is 42.7 Å². The van der Waals surface area contributed by atoms with Crippen LogP contribution in [0.3, 0.4) is 0 Å².